The lowest BCUT2D eigenvalue weighted by Gasteiger charge is -2.21. The van der Waals surface area contributed by atoms with E-state index in [1.54, 1.807) is 45.0 Å². The summed E-state index contributed by atoms with van der Waals surface area (Å²) in [5.74, 6) is 0.0141. The van der Waals surface area contributed by atoms with Crippen LogP contribution in [0.5, 0.6) is 5.75 Å². The predicted molar refractivity (Wildman–Crippen MR) is 115 cm³/mol. The summed E-state index contributed by atoms with van der Waals surface area (Å²) < 4.78 is 37.1. The lowest BCUT2D eigenvalue weighted by molar-refractivity contribution is 0.0547. The van der Waals surface area contributed by atoms with Gasteiger partial charge in [0.05, 0.1) is 17.4 Å². The van der Waals surface area contributed by atoms with E-state index in [0.717, 1.165) is 9.69 Å². The second-order valence-electron chi connectivity index (χ2n) is 7.78. The van der Waals surface area contributed by atoms with Gasteiger partial charge in [-0.05, 0) is 45.0 Å². The Balaban J connectivity index is 2.15. The maximum atomic E-state index is 13.0. The molecule has 0 bridgehead atoms. The number of carbonyl (C=O) groups excluding carboxylic acids is 1. The Kier molecular flexibility index (Phi) is 5.81. The molecule has 0 amide bonds. The van der Waals surface area contributed by atoms with E-state index in [2.05, 4.69) is 4.98 Å². The second kappa shape index (κ2) is 7.90. The number of hydrogen-bond donors (Lipinski definition) is 0. The molecule has 8 nitrogen and oxygen atoms in total. The van der Waals surface area contributed by atoms with E-state index < -0.39 is 22.0 Å². The molecular weight excluding hydrogens is 430 g/mol. The van der Waals surface area contributed by atoms with Gasteiger partial charge >= 0.3 is 16.4 Å². The summed E-state index contributed by atoms with van der Waals surface area (Å²) in [6, 6.07) is 8.43. The van der Waals surface area contributed by atoms with Gasteiger partial charge in [-0.25, -0.2) is 9.36 Å². The minimum Gasteiger partial charge on any atom is -0.443 e. The molecule has 3 rings (SSSR count). The third-order valence-corrected chi connectivity index (χ3v) is 5.53. The quantitative estimate of drug-likeness (QED) is 0.586. The Morgan fingerprint density at radius 2 is 1.83 bits per heavy atom. The maximum Gasteiger partial charge on any atom is 0.419 e. The zero-order valence-corrected chi connectivity index (χ0v) is 18.8. The molecule has 0 aliphatic heterocycles. The third kappa shape index (κ3) is 4.75. The monoisotopic (exact) mass is 451 g/mol. The zero-order chi connectivity index (χ0) is 22.3. The summed E-state index contributed by atoms with van der Waals surface area (Å²) in [5, 5.41) is 1.22. The Morgan fingerprint density at radius 3 is 2.47 bits per heavy atom. The van der Waals surface area contributed by atoms with Gasteiger partial charge in [0.15, 0.2) is 5.75 Å². The van der Waals surface area contributed by atoms with Gasteiger partial charge in [-0.2, -0.15) is 12.7 Å². The SMILES string of the molecule is CN(C)S(=O)(=O)Oc1cncc(-c2cc3ccc(Cl)cc3n2C(=O)OC(C)(C)C)c1. The number of halogens is 1. The molecule has 0 fully saturated rings. The van der Waals surface area contributed by atoms with Crippen LogP contribution in [-0.4, -0.2) is 48.1 Å². The molecule has 0 aliphatic carbocycles. The Morgan fingerprint density at radius 1 is 1.13 bits per heavy atom. The first kappa shape index (κ1) is 22.1. The molecular formula is C20H22ClN3O5S. The number of rotatable bonds is 4. The minimum atomic E-state index is -3.95. The Hall–Kier alpha value is -2.62. The molecule has 0 unspecified atom stereocenters. The molecule has 0 atom stereocenters. The van der Waals surface area contributed by atoms with Gasteiger partial charge in [0.2, 0.25) is 0 Å². The summed E-state index contributed by atoms with van der Waals surface area (Å²) in [6.45, 7) is 5.31. The van der Waals surface area contributed by atoms with Crippen molar-refractivity contribution in [3.8, 4) is 17.0 Å². The standard InChI is InChI=1S/C20H22ClN3O5S/c1-20(2,3)28-19(25)24-17(9-13-6-7-15(21)10-18(13)24)14-8-16(12-22-11-14)29-30(26,27)23(4)5/h6-12H,1-5H3. The number of fused-ring (bicyclic) bond motifs is 1. The van der Waals surface area contributed by atoms with Gasteiger partial charge < -0.3 is 8.92 Å². The average Bonchev–Trinajstić information content (AvgIpc) is 2.98. The molecule has 0 radical (unpaired) electrons. The van der Waals surface area contributed by atoms with E-state index in [1.807, 2.05) is 0 Å². The van der Waals surface area contributed by atoms with Crippen LogP contribution in [0.25, 0.3) is 22.2 Å². The van der Waals surface area contributed by atoms with E-state index in [-0.39, 0.29) is 5.75 Å². The fourth-order valence-corrected chi connectivity index (χ4v) is 3.34. The van der Waals surface area contributed by atoms with Gasteiger partial charge in [0.1, 0.15) is 5.60 Å². The lowest BCUT2D eigenvalue weighted by atomic mass is 10.2. The molecule has 2 aromatic heterocycles. The number of ether oxygens (including phenoxy) is 1. The minimum absolute atomic E-state index is 0.0141. The average molecular weight is 452 g/mol. The summed E-state index contributed by atoms with van der Waals surface area (Å²) >= 11 is 6.14. The number of pyridine rings is 1. The molecule has 0 saturated heterocycles. The third-order valence-electron chi connectivity index (χ3n) is 4.00. The number of hydrogen-bond acceptors (Lipinski definition) is 6. The first-order valence-corrected chi connectivity index (χ1v) is 10.7. The molecule has 0 saturated carbocycles. The normalized spacial score (nSPS) is 12.4. The van der Waals surface area contributed by atoms with Crippen LogP contribution in [0.1, 0.15) is 20.8 Å². The van der Waals surface area contributed by atoms with Gasteiger partial charge in [-0.15, -0.1) is 0 Å². The van der Waals surface area contributed by atoms with Gasteiger partial charge in [0.25, 0.3) is 0 Å². The van der Waals surface area contributed by atoms with E-state index in [0.29, 0.717) is 21.8 Å². The van der Waals surface area contributed by atoms with Crippen LogP contribution >= 0.6 is 11.6 Å². The van der Waals surface area contributed by atoms with Crippen molar-refractivity contribution in [3.05, 3.63) is 47.7 Å². The highest BCUT2D eigenvalue weighted by Crippen LogP contribution is 2.32. The van der Waals surface area contributed by atoms with Crippen LogP contribution in [0.15, 0.2) is 42.7 Å². The molecule has 10 heteroatoms. The summed E-state index contributed by atoms with van der Waals surface area (Å²) in [6.07, 6.45) is 2.19. The van der Waals surface area contributed by atoms with E-state index in [4.69, 9.17) is 20.5 Å². The largest absolute Gasteiger partial charge is 0.443 e. The van der Waals surface area contributed by atoms with Crippen molar-refractivity contribution >= 4 is 38.9 Å². The number of nitrogens with zero attached hydrogens (tertiary/aromatic N) is 3. The van der Waals surface area contributed by atoms with Crippen LogP contribution in [0.3, 0.4) is 0 Å². The molecule has 2 heterocycles. The van der Waals surface area contributed by atoms with Gasteiger partial charge in [-0.3, -0.25) is 4.98 Å². The zero-order valence-electron chi connectivity index (χ0n) is 17.2. The van der Waals surface area contributed by atoms with Crippen molar-refractivity contribution in [2.24, 2.45) is 0 Å². The van der Waals surface area contributed by atoms with Gasteiger partial charge in [-0.1, -0.05) is 17.7 Å². The molecule has 160 valence electrons. The van der Waals surface area contributed by atoms with E-state index in [9.17, 15) is 13.2 Å². The Labute approximate surface area is 180 Å². The van der Waals surface area contributed by atoms with Crippen molar-refractivity contribution in [1.29, 1.82) is 0 Å². The van der Waals surface area contributed by atoms with Crippen LogP contribution < -0.4 is 4.18 Å². The fourth-order valence-electron chi connectivity index (χ4n) is 2.69. The second-order valence-corrected chi connectivity index (χ2v) is 9.97. The van der Waals surface area contributed by atoms with Crippen LogP contribution in [-0.2, 0) is 15.0 Å². The summed E-state index contributed by atoms with van der Waals surface area (Å²) in [7, 11) is -1.24. The van der Waals surface area contributed by atoms with E-state index >= 15 is 0 Å². The van der Waals surface area contributed by atoms with E-state index in [1.165, 1.54) is 37.1 Å². The smallest absolute Gasteiger partial charge is 0.419 e. The molecule has 30 heavy (non-hydrogen) atoms. The van der Waals surface area contributed by atoms with Crippen molar-refractivity contribution in [3.63, 3.8) is 0 Å². The number of benzene rings is 1. The van der Waals surface area contributed by atoms with Crippen molar-refractivity contribution in [2.45, 2.75) is 26.4 Å². The van der Waals surface area contributed by atoms with Crippen molar-refractivity contribution in [1.82, 2.24) is 13.9 Å². The topological polar surface area (TPSA) is 90.7 Å². The van der Waals surface area contributed by atoms with Gasteiger partial charge in [0, 0.05) is 36.3 Å². The van der Waals surface area contributed by atoms with Crippen molar-refractivity contribution < 1.29 is 22.1 Å². The highest BCUT2D eigenvalue weighted by Gasteiger charge is 2.24. The highest BCUT2D eigenvalue weighted by molar-refractivity contribution is 7.84. The lowest BCUT2D eigenvalue weighted by Crippen LogP contribution is -2.27. The highest BCUT2D eigenvalue weighted by atomic mass is 35.5. The Bertz CT molecular complexity index is 1210. The van der Waals surface area contributed by atoms with Crippen LogP contribution in [0.4, 0.5) is 4.79 Å². The van der Waals surface area contributed by atoms with Crippen molar-refractivity contribution in [2.75, 3.05) is 14.1 Å². The summed E-state index contributed by atoms with van der Waals surface area (Å²) in [4.78, 5) is 17.1. The summed E-state index contributed by atoms with van der Waals surface area (Å²) in [5.41, 5.74) is 0.771. The molecule has 0 aliphatic rings. The predicted octanol–water partition coefficient (Wildman–Crippen LogP) is 4.33. The molecule has 1 aromatic carbocycles. The number of carbonyl (C=O) groups is 1. The molecule has 3 aromatic rings. The van der Waals surface area contributed by atoms with Crippen LogP contribution in [0.2, 0.25) is 5.02 Å². The maximum absolute atomic E-state index is 13.0. The molecule has 0 N–H and O–H groups in total. The number of aromatic nitrogens is 2. The first-order chi connectivity index (χ1) is 13.9. The first-order valence-electron chi connectivity index (χ1n) is 8.99. The molecule has 0 spiro atoms. The van der Waals surface area contributed by atoms with Crippen LogP contribution in [0, 0.1) is 0 Å². The fraction of sp³-hybridized carbons (Fsp3) is 0.300.